The maximum absolute atomic E-state index is 13.7. The molecular weight excluding hydrogens is 496 g/mol. The number of carbonyl (C=O) groups excluding carboxylic acids is 2. The molecule has 0 aromatic heterocycles. The Morgan fingerprint density at radius 2 is 1.81 bits per heavy atom. The van der Waals surface area contributed by atoms with Crippen LogP contribution in [0.25, 0.3) is 0 Å². The molecule has 2 rings (SSSR count). The summed E-state index contributed by atoms with van der Waals surface area (Å²) in [6, 6.07) is 10.6. The maximum Gasteiger partial charge on any atom is 0.271 e. The van der Waals surface area contributed by atoms with Gasteiger partial charge in [0.1, 0.15) is 12.6 Å². The van der Waals surface area contributed by atoms with Gasteiger partial charge in [0.25, 0.3) is 5.69 Å². The highest BCUT2D eigenvalue weighted by atomic mass is 32.2. The van der Waals surface area contributed by atoms with Crippen LogP contribution in [0.4, 0.5) is 11.4 Å². The molecule has 0 heterocycles. The Morgan fingerprint density at radius 3 is 2.38 bits per heavy atom. The van der Waals surface area contributed by atoms with Crippen molar-refractivity contribution >= 4 is 33.2 Å². The van der Waals surface area contributed by atoms with Gasteiger partial charge in [-0.3, -0.25) is 24.0 Å². The van der Waals surface area contributed by atoms with Crippen LogP contribution < -0.4 is 9.62 Å². The fourth-order valence-corrected chi connectivity index (χ4v) is 4.91. The molecular formula is C26H36N4O6S. The molecule has 2 amide bonds. The second kappa shape index (κ2) is 13.2. The summed E-state index contributed by atoms with van der Waals surface area (Å²) in [6.07, 6.45) is 2.96. The van der Waals surface area contributed by atoms with Gasteiger partial charge in [-0.25, -0.2) is 8.42 Å². The minimum Gasteiger partial charge on any atom is -0.354 e. The number of aryl methyl sites for hydroxylation is 2. The van der Waals surface area contributed by atoms with Gasteiger partial charge in [-0.05, 0) is 37.8 Å². The lowest BCUT2D eigenvalue weighted by Gasteiger charge is -2.33. The summed E-state index contributed by atoms with van der Waals surface area (Å²) >= 11 is 0. The number of hydrogen-bond acceptors (Lipinski definition) is 6. The molecule has 1 N–H and O–H groups in total. The molecule has 2 aromatic rings. The van der Waals surface area contributed by atoms with E-state index in [-0.39, 0.29) is 23.8 Å². The van der Waals surface area contributed by atoms with Crippen LogP contribution in [0.2, 0.25) is 0 Å². The molecule has 0 saturated heterocycles. The fraction of sp³-hybridized carbons (Fsp3) is 0.462. The topological polar surface area (TPSA) is 130 Å². The monoisotopic (exact) mass is 532 g/mol. The van der Waals surface area contributed by atoms with Crippen molar-refractivity contribution in [1.29, 1.82) is 0 Å². The van der Waals surface area contributed by atoms with E-state index >= 15 is 0 Å². The molecule has 11 heteroatoms. The van der Waals surface area contributed by atoms with Crippen molar-refractivity contribution in [2.45, 2.75) is 59.5 Å². The summed E-state index contributed by atoms with van der Waals surface area (Å²) < 4.78 is 26.4. The number of carbonyl (C=O) groups is 2. The molecule has 0 unspecified atom stereocenters. The number of rotatable bonds is 13. The first kappa shape index (κ1) is 29.8. The second-order valence-corrected chi connectivity index (χ2v) is 11.0. The highest BCUT2D eigenvalue weighted by Gasteiger charge is 2.32. The predicted molar refractivity (Wildman–Crippen MR) is 144 cm³/mol. The van der Waals surface area contributed by atoms with Gasteiger partial charge in [0.05, 0.1) is 16.9 Å². The Morgan fingerprint density at radius 1 is 1.11 bits per heavy atom. The van der Waals surface area contributed by atoms with Gasteiger partial charge in [-0.15, -0.1) is 0 Å². The number of benzene rings is 2. The normalized spacial score (nSPS) is 12.0. The van der Waals surface area contributed by atoms with Crippen LogP contribution in [-0.4, -0.2) is 55.4 Å². The number of non-ortho nitro benzene ring substituents is 1. The van der Waals surface area contributed by atoms with Gasteiger partial charge < -0.3 is 10.2 Å². The zero-order valence-electron chi connectivity index (χ0n) is 22.1. The molecule has 37 heavy (non-hydrogen) atoms. The molecule has 0 bridgehead atoms. The van der Waals surface area contributed by atoms with Crippen molar-refractivity contribution < 1.29 is 22.9 Å². The number of nitrogens with one attached hydrogen (secondary N) is 1. The van der Waals surface area contributed by atoms with E-state index in [2.05, 4.69) is 5.32 Å². The van der Waals surface area contributed by atoms with Crippen molar-refractivity contribution in [2.75, 3.05) is 23.7 Å². The minimum atomic E-state index is -4.00. The van der Waals surface area contributed by atoms with Crippen molar-refractivity contribution in [3.63, 3.8) is 0 Å². The summed E-state index contributed by atoms with van der Waals surface area (Å²) in [5, 5.41) is 14.2. The number of nitro groups is 1. The number of hydrogen-bond donors (Lipinski definition) is 1. The van der Waals surface area contributed by atoms with E-state index in [1.165, 1.54) is 17.0 Å². The molecule has 202 valence electrons. The predicted octanol–water partition coefficient (Wildman–Crippen LogP) is 3.70. The van der Waals surface area contributed by atoms with Crippen LogP contribution in [-0.2, 0) is 26.2 Å². The van der Waals surface area contributed by atoms with E-state index in [4.69, 9.17) is 0 Å². The molecule has 0 spiro atoms. The van der Waals surface area contributed by atoms with E-state index in [1.807, 2.05) is 38.1 Å². The van der Waals surface area contributed by atoms with E-state index in [9.17, 15) is 28.1 Å². The molecule has 0 fully saturated rings. The Kier molecular flexibility index (Phi) is 10.6. The lowest BCUT2D eigenvalue weighted by atomic mass is 10.1. The van der Waals surface area contributed by atoms with E-state index in [1.54, 1.807) is 13.8 Å². The average molecular weight is 533 g/mol. The highest BCUT2D eigenvalue weighted by Crippen LogP contribution is 2.28. The van der Waals surface area contributed by atoms with Gasteiger partial charge in [0, 0.05) is 25.2 Å². The largest absolute Gasteiger partial charge is 0.354 e. The van der Waals surface area contributed by atoms with Gasteiger partial charge in [0.2, 0.25) is 21.8 Å². The number of sulfonamides is 1. The third-order valence-electron chi connectivity index (χ3n) is 6.00. The number of nitrogens with zero attached hydrogens (tertiary/aromatic N) is 3. The summed E-state index contributed by atoms with van der Waals surface area (Å²) in [7, 11) is -4.00. The fourth-order valence-electron chi connectivity index (χ4n) is 4.01. The number of anilines is 1. The molecule has 2 aromatic carbocycles. The van der Waals surface area contributed by atoms with E-state index in [0.717, 1.165) is 40.6 Å². The maximum atomic E-state index is 13.7. The minimum absolute atomic E-state index is 0.0426. The lowest BCUT2D eigenvalue weighted by molar-refractivity contribution is -0.384. The summed E-state index contributed by atoms with van der Waals surface area (Å²) in [5.41, 5.74) is 1.99. The lowest BCUT2D eigenvalue weighted by Crippen LogP contribution is -2.52. The molecule has 0 aliphatic heterocycles. The Balaban J connectivity index is 2.49. The second-order valence-electron chi connectivity index (χ2n) is 9.08. The van der Waals surface area contributed by atoms with Crippen molar-refractivity contribution in [2.24, 2.45) is 0 Å². The summed E-state index contributed by atoms with van der Waals surface area (Å²) in [4.78, 5) is 38.9. The molecule has 0 aliphatic carbocycles. The Labute approximate surface area is 218 Å². The summed E-state index contributed by atoms with van der Waals surface area (Å²) in [6.45, 7) is 7.30. The zero-order chi connectivity index (χ0) is 27.8. The third kappa shape index (κ3) is 8.28. The molecule has 0 radical (unpaired) electrons. The van der Waals surface area contributed by atoms with Crippen LogP contribution in [0.15, 0.2) is 42.5 Å². The third-order valence-corrected chi connectivity index (χ3v) is 7.13. The number of amides is 2. The molecule has 0 aliphatic rings. The van der Waals surface area contributed by atoms with E-state index < -0.39 is 33.4 Å². The van der Waals surface area contributed by atoms with Gasteiger partial charge in [0.15, 0.2) is 0 Å². The van der Waals surface area contributed by atoms with Crippen molar-refractivity contribution in [3.8, 4) is 0 Å². The van der Waals surface area contributed by atoms with Gasteiger partial charge in [-0.2, -0.15) is 0 Å². The van der Waals surface area contributed by atoms with Crippen LogP contribution in [0, 0.1) is 24.0 Å². The zero-order valence-corrected chi connectivity index (χ0v) is 22.9. The number of unbranched alkanes of at least 4 members (excludes halogenated alkanes) is 1. The van der Waals surface area contributed by atoms with Crippen molar-refractivity contribution in [3.05, 3.63) is 69.3 Å². The van der Waals surface area contributed by atoms with Crippen LogP contribution in [0.5, 0.6) is 0 Å². The molecule has 1 atom stereocenters. The van der Waals surface area contributed by atoms with Crippen LogP contribution in [0.3, 0.4) is 0 Å². The standard InChI is InChI=1S/C26H36N4O6S/c1-6-8-14-27-26(32)23(7-2)28(17-21-11-9-10-19(3)15-21)25(31)18-29(37(5,35)36)24-16-22(30(33)34)13-12-20(24)4/h9-13,15-16,23H,6-8,14,17-18H2,1-5H3,(H,27,32)/t23-/m1/s1. The first-order chi connectivity index (χ1) is 17.4. The average Bonchev–Trinajstić information content (AvgIpc) is 2.82. The van der Waals surface area contributed by atoms with Crippen LogP contribution in [0.1, 0.15) is 49.8 Å². The van der Waals surface area contributed by atoms with Gasteiger partial charge >= 0.3 is 0 Å². The van der Waals surface area contributed by atoms with Crippen molar-refractivity contribution in [1.82, 2.24) is 10.2 Å². The summed E-state index contributed by atoms with van der Waals surface area (Å²) in [5.74, 6) is -0.898. The highest BCUT2D eigenvalue weighted by molar-refractivity contribution is 7.92. The first-order valence-electron chi connectivity index (χ1n) is 12.2. The molecule has 10 nitrogen and oxygen atoms in total. The van der Waals surface area contributed by atoms with E-state index in [0.29, 0.717) is 18.5 Å². The first-order valence-corrected chi connectivity index (χ1v) is 14.1. The quantitative estimate of drug-likeness (QED) is 0.238. The van der Waals surface area contributed by atoms with Gasteiger partial charge in [-0.1, -0.05) is 56.2 Å². The smallest absolute Gasteiger partial charge is 0.271 e. The molecule has 0 saturated carbocycles. The Hall–Kier alpha value is -3.47. The van der Waals surface area contributed by atoms with Crippen LogP contribution >= 0.6 is 0 Å². The number of nitro benzene ring substituents is 1. The SMILES string of the molecule is CCCCNC(=O)[C@@H](CC)N(Cc1cccc(C)c1)C(=O)CN(c1cc([N+](=O)[O-])ccc1C)S(C)(=O)=O. The Bertz CT molecular complexity index is 1230.